The molecule has 9 heteroatoms. The first-order valence-electron chi connectivity index (χ1n) is 8.93. The van der Waals surface area contributed by atoms with Gasteiger partial charge in [-0.1, -0.05) is 20.3 Å². The zero-order chi connectivity index (χ0) is 19.5. The zero-order valence-corrected chi connectivity index (χ0v) is 15.9. The quantitative estimate of drug-likeness (QED) is 0.309. The highest BCUT2D eigenvalue weighted by Crippen LogP contribution is 1.99. The molecule has 154 valence electrons. The number of nitrogens with one attached hydrogen (secondary N) is 1. The predicted octanol–water partition coefficient (Wildman–Crippen LogP) is 0.316. The molecule has 0 aromatic rings. The number of rotatable bonds is 19. The number of hydrogen-bond acceptors (Lipinski definition) is 7. The van der Waals surface area contributed by atoms with E-state index in [0.717, 1.165) is 13.0 Å². The van der Waals surface area contributed by atoms with Crippen molar-refractivity contribution in [3.63, 3.8) is 0 Å². The van der Waals surface area contributed by atoms with E-state index in [0.29, 0.717) is 58.7 Å². The van der Waals surface area contributed by atoms with Crippen molar-refractivity contribution < 1.29 is 38.4 Å². The second kappa shape index (κ2) is 18.5. The maximum atomic E-state index is 11.2. The smallest absolute Gasteiger partial charge is 0.329 e. The summed E-state index contributed by atoms with van der Waals surface area (Å²) in [7, 11) is 0. The highest BCUT2D eigenvalue weighted by Gasteiger charge is 2.03. The van der Waals surface area contributed by atoms with Crippen LogP contribution in [0.3, 0.4) is 0 Å². The van der Waals surface area contributed by atoms with Crippen molar-refractivity contribution >= 4 is 11.9 Å². The molecule has 0 radical (unpaired) electrons. The molecule has 1 atom stereocenters. The zero-order valence-electron chi connectivity index (χ0n) is 15.9. The molecule has 0 aliphatic rings. The molecule has 1 unspecified atom stereocenters. The summed E-state index contributed by atoms with van der Waals surface area (Å²) in [4.78, 5) is 21.4. The van der Waals surface area contributed by atoms with Crippen LogP contribution < -0.4 is 5.32 Å². The van der Waals surface area contributed by atoms with Gasteiger partial charge in [0.25, 0.3) is 0 Å². The third-order valence-corrected chi connectivity index (χ3v) is 3.24. The van der Waals surface area contributed by atoms with Gasteiger partial charge < -0.3 is 34.1 Å². The molecule has 9 nitrogen and oxygen atoms in total. The maximum absolute atomic E-state index is 11.2. The van der Waals surface area contributed by atoms with Gasteiger partial charge in [0.15, 0.2) is 0 Å². The van der Waals surface area contributed by atoms with E-state index in [4.69, 9.17) is 24.1 Å². The van der Waals surface area contributed by atoms with E-state index in [9.17, 15) is 9.59 Å². The summed E-state index contributed by atoms with van der Waals surface area (Å²) in [5, 5.41) is 10.9. The number of hydrogen-bond donors (Lipinski definition) is 2. The Bertz CT molecular complexity index is 354. The number of carboxylic acids is 1. The van der Waals surface area contributed by atoms with Crippen LogP contribution in [0.4, 0.5) is 0 Å². The average molecular weight is 379 g/mol. The van der Waals surface area contributed by atoms with Gasteiger partial charge in [-0.2, -0.15) is 0 Å². The third kappa shape index (κ3) is 19.1. The van der Waals surface area contributed by atoms with Crippen LogP contribution in [0.5, 0.6) is 0 Å². The summed E-state index contributed by atoms with van der Waals surface area (Å²) in [6.07, 6.45) is 1.12. The largest absolute Gasteiger partial charge is 0.480 e. The van der Waals surface area contributed by atoms with E-state index in [-0.39, 0.29) is 12.5 Å². The van der Waals surface area contributed by atoms with Crippen molar-refractivity contribution in [1.29, 1.82) is 0 Å². The van der Waals surface area contributed by atoms with E-state index in [2.05, 4.69) is 23.9 Å². The van der Waals surface area contributed by atoms with Crippen LogP contribution in [-0.4, -0.2) is 89.6 Å². The van der Waals surface area contributed by atoms with Crippen LogP contribution in [-0.2, 0) is 33.3 Å². The minimum Gasteiger partial charge on any atom is -0.480 e. The van der Waals surface area contributed by atoms with Crippen LogP contribution in [0.15, 0.2) is 0 Å². The first-order chi connectivity index (χ1) is 12.6. The Hall–Kier alpha value is -1.26. The number of carbonyl (C=O) groups excluding carboxylic acids is 1. The Labute approximate surface area is 155 Å². The van der Waals surface area contributed by atoms with Crippen LogP contribution in [0.25, 0.3) is 0 Å². The van der Waals surface area contributed by atoms with Gasteiger partial charge in [-0.15, -0.1) is 0 Å². The molecule has 0 aliphatic carbocycles. The highest BCUT2D eigenvalue weighted by molar-refractivity contribution is 5.77. The van der Waals surface area contributed by atoms with Gasteiger partial charge in [0, 0.05) is 13.2 Å². The Morgan fingerprint density at radius 1 is 0.846 bits per heavy atom. The van der Waals surface area contributed by atoms with Gasteiger partial charge in [-0.25, -0.2) is 4.79 Å². The fourth-order valence-electron chi connectivity index (χ4n) is 1.61. The molecule has 26 heavy (non-hydrogen) atoms. The lowest BCUT2D eigenvalue weighted by Crippen LogP contribution is -2.31. The third-order valence-electron chi connectivity index (χ3n) is 3.24. The summed E-state index contributed by atoms with van der Waals surface area (Å²) in [6.45, 7) is 8.00. The lowest BCUT2D eigenvalue weighted by molar-refractivity contribution is -0.143. The Kier molecular flexibility index (Phi) is 17.6. The molecule has 0 saturated heterocycles. The normalized spacial score (nSPS) is 12.1. The van der Waals surface area contributed by atoms with Crippen molar-refractivity contribution in [2.45, 2.75) is 20.3 Å². The average Bonchev–Trinajstić information content (AvgIpc) is 2.61. The van der Waals surface area contributed by atoms with Crippen molar-refractivity contribution in [1.82, 2.24) is 5.32 Å². The fourth-order valence-corrected chi connectivity index (χ4v) is 1.61. The number of amides is 1. The minimum atomic E-state index is -1.11. The van der Waals surface area contributed by atoms with Crippen molar-refractivity contribution in [3.8, 4) is 0 Å². The Morgan fingerprint density at radius 2 is 1.38 bits per heavy atom. The molecule has 1 amide bonds. The van der Waals surface area contributed by atoms with Gasteiger partial charge in [-0.3, -0.25) is 4.79 Å². The van der Waals surface area contributed by atoms with Gasteiger partial charge in [-0.05, 0) is 5.92 Å². The van der Waals surface area contributed by atoms with E-state index in [1.807, 2.05) is 0 Å². The second-order valence-corrected chi connectivity index (χ2v) is 5.66. The van der Waals surface area contributed by atoms with E-state index in [1.54, 1.807) is 0 Å². The molecule has 0 aromatic heterocycles. The lowest BCUT2D eigenvalue weighted by Gasteiger charge is -2.10. The Balaban J connectivity index is 3.15. The molecule has 2 N–H and O–H groups in total. The molecule has 0 aliphatic heterocycles. The SMILES string of the molecule is CCC(C)COCCOCCOCCOCCNC(=O)COCC(=O)O. The van der Waals surface area contributed by atoms with Gasteiger partial charge in [0.05, 0.1) is 46.2 Å². The predicted molar refractivity (Wildman–Crippen MR) is 94.2 cm³/mol. The number of aliphatic carboxylic acids is 1. The van der Waals surface area contributed by atoms with Gasteiger partial charge >= 0.3 is 5.97 Å². The fraction of sp³-hybridized carbons (Fsp3) is 0.882. The van der Waals surface area contributed by atoms with Crippen LogP contribution >= 0.6 is 0 Å². The van der Waals surface area contributed by atoms with E-state index < -0.39 is 12.6 Å². The van der Waals surface area contributed by atoms with Crippen LogP contribution in [0.2, 0.25) is 0 Å². The minimum absolute atomic E-state index is 0.280. The molecule has 0 bridgehead atoms. The lowest BCUT2D eigenvalue weighted by atomic mass is 10.1. The molecule has 0 aromatic carbocycles. The summed E-state index contributed by atoms with van der Waals surface area (Å²) in [6, 6.07) is 0. The standard InChI is InChI=1S/C17H33NO8/c1-3-15(2)12-25-11-10-24-9-8-23-7-6-22-5-4-18-16(19)13-26-14-17(20)21/h15H,3-14H2,1-2H3,(H,18,19)(H,20,21). The van der Waals surface area contributed by atoms with E-state index in [1.165, 1.54) is 0 Å². The number of carboxylic acid groups (broad SMARTS) is 1. The van der Waals surface area contributed by atoms with Gasteiger partial charge in [0.2, 0.25) is 5.91 Å². The topological polar surface area (TPSA) is 113 Å². The van der Waals surface area contributed by atoms with Crippen molar-refractivity contribution in [2.24, 2.45) is 5.92 Å². The first kappa shape index (κ1) is 24.7. The summed E-state index contributed by atoms with van der Waals surface area (Å²) >= 11 is 0. The monoisotopic (exact) mass is 379 g/mol. The summed E-state index contributed by atoms with van der Waals surface area (Å²) in [5.41, 5.74) is 0. The van der Waals surface area contributed by atoms with E-state index >= 15 is 0 Å². The summed E-state index contributed by atoms with van der Waals surface area (Å²) < 4.78 is 26.1. The maximum Gasteiger partial charge on any atom is 0.329 e. The van der Waals surface area contributed by atoms with Crippen molar-refractivity contribution in [3.05, 3.63) is 0 Å². The number of ether oxygens (including phenoxy) is 5. The molecule has 0 heterocycles. The first-order valence-corrected chi connectivity index (χ1v) is 8.93. The molecular formula is C17H33NO8. The summed E-state index contributed by atoms with van der Waals surface area (Å²) in [5.74, 6) is -0.908. The second-order valence-electron chi connectivity index (χ2n) is 5.66. The van der Waals surface area contributed by atoms with Crippen molar-refractivity contribution in [2.75, 3.05) is 72.6 Å². The molecule has 0 saturated carbocycles. The molecule has 0 spiro atoms. The van der Waals surface area contributed by atoms with Crippen LogP contribution in [0, 0.1) is 5.92 Å². The molecular weight excluding hydrogens is 346 g/mol. The van der Waals surface area contributed by atoms with Crippen LogP contribution in [0.1, 0.15) is 20.3 Å². The number of carbonyl (C=O) groups is 2. The molecule has 0 rings (SSSR count). The van der Waals surface area contributed by atoms with Gasteiger partial charge in [0.1, 0.15) is 13.2 Å². The highest BCUT2D eigenvalue weighted by atomic mass is 16.6. The molecule has 0 fully saturated rings. The Morgan fingerprint density at radius 3 is 1.92 bits per heavy atom.